The first-order valence-electron chi connectivity index (χ1n) is 6.02. The average molecular weight is 267 g/mol. The number of hydrogen-bond acceptors (Lipinski definition) is 4. The standard InChI is InChI=1S/C14H21NO4/c1-10-9-11(7-8-14(10,17-5)18-6)15-12(16)19-13(2,3)4/h7-9H,1-6H3/b15-11+. The van der Waals surface area contributed by atoms with E-state index < -0.39 is 17.5 Å². The zero-order chi connectivity index (χ0) is 14.7. The number of hydrogen-bond donors (Lipinski definition) is 0. The molecule has 0 N–H and O–H groups in total. The second kappa shape index (κ2) is 5.67. The lowest BCUT2D eigenvalue weighted by Crippen LogP contribution is -2.35. The summed E-state index contributed by atoms with van der Waals surface area (Å²) < 4.78 is 15.8. The summed E-state index contributed by atoms with van der Waals surface area (Å²) in [5, 5.41) is 0. The molecule has 0 aromatic heterocycles. The van der Waals surface area contributed by atoms with Crippen LogP contribution in [0.25, 0.3) is 0 Å². The third-order valence-corrected chi connectivity index (χ3v) is 2.61. The number of rotatable bonds is 2. The number of nitrogens with zero attached hydrogens (tertiary/aromatic N) is 1. The molecular weight excluding hydrogens is 246 g/mol. The molecule has 0 saturated heterocycles. The fraction of sp³-hybridized carbons (Fsp3) is 0.571. The molecule has 0 spiro atoms. The third kappa shape index (κ3) is 4.01. The van der Waals surface area contributed by atoms with E-state index in [2.05, 4.69) is 4.99 Å². The molecule has 19 heavy (non-hydrogen) atoms. The van der Waals surface area contributed by atoms with Gasteiger partial charge < -0.3 is 14.2 Å². The molecule has 0 radical (unpaired) electrons. The minimum Gasteiger partial charge on any atom is -0.442 e. The van der Waals surface area contributed by atoms with E-state index in [1.54, 1.807) is 53.2 Å². The minimum atomic E-state index is -0.882. The number of ether oxygens (including phenoxy) is 3. The van der Waals surface area contributed by atoms with Gasteiger partial charge in [-0.15, -0.1) is 0 Å². The van der Waals surface area contributed by atoms with Crippen LogP contribution in [0.2, 0.25) is 0 Å². The van der Waals surface area contributed by atoms with Crippen LogP contribution in [0.1, 0.15) is 27.7 Å². The van der Waals surface area contributed by atoms with Gasteiger partial charge in [0, 0.05) is 14.2 Å². The first-order valence-corrected chi connectivity index (χ1v) is 6.02. The van der Waals surface area contributed by atoms with Gasteiger partial charge in [0.25, 0.3) is 0 Å². The molecule has 5 heteroatoms. The normalized spacial score (nSPS) is 20.3. The maximum atomic E-state index is 11.6. The molecule has 0 unspecified atom stereocenters. The van der Waals surface area contributed by atoms with Gasteiger partial charge in [0.05, 0.1) is 5.71 Å². The number of allylic oxidation sites excluding steroid dienone is 2. The van der Waals surface area contributed by atoms with Crippen molar-refractivity contribution in [1.82, 2.24) is 0 Å². The largest absolute Gasteiger partial charge is 0.442 e. The molecular formula is C14H21NO4. The molecule has 1 aliphatic carbocycles. The average Bonchev–Trinajstić information content (AvgIpc) is 2.27. The van der Waals surface area contributed by atoms with E-state index >= 15 is 0 Å². The van der Waals surface area contributed by atoms with Crippen LogP contribution in [0.5, 0.6) is 0 Å². The number of carbonyl (C=O) groups is 1. The van der Waals surface area contributed by atoms with E-state index in [1.807, 2.05) is 6.92 Å². The molecule has 1 rings (SSSR count). The molecule has 0 heterocycles. The van der Waals surface area contributed by atoms with E-state index in [9.17, 15) is 4.79 Å². The highest BCUT2D eigenvalue weighted by Gasteiger charge is 2.31. The smallest absolute Gasteiger partial charge is 0.434 e. The molecule has 0 saturated carbocycles. The lowest BCUT2D eigenvalue weighted by molar-refractivity contribution is -0.141. The maximum absolute atomic E-state index is 11.6. The van der Waals surface area contributed by atoms with Crippen molar-refractivity contribution in [3.8, 4) is 0 Å². The molecule has 5 nitrogen and oxygen atoms in total. The summed E-state index contributed by atoms with van der Waals surface area (Å²) >= 11 is 0. The Balaban J connectivity index is 2.88. The number of carbonyl (C=O) groups excluding carboxylic acids is 1. The van der Waals surface area contributed by atoms with Gasteiger partial charge in [0.1, 0.15) is 5.60 Å². The van der Waals surface area contributed by atoms with Gasteiger partial charge in [0.15, 0.2) is 0 Å². The molecule has 0 bridgehead atoms. The first-order chi connectivity index (χ1) is 8.72. The van der Waals surface area contributed by atoms with Crippen LogP contribution >= 0.6 is 0 Å². The highest BCUT2D eigenvalue weighted by molar-refractivity contribution is 6.09. The summed E-state index contributed by atoms with van der Waals surface area (Å²) in [6.07, 6.45) is 4.50. The second-order valence-electron chi connectivity index (χ2n) is 5.25. The Hall–Kier alpha value is -1.46. The summed E-state index contributed by atoms with van der Waals surface area (Å²) in [5.41, 5.74) is 0.764. The van der Waals surface area contributed by atoms with Gasteiger partial charge in [-0.25, -0.2) is 4.79 Å². The topological polar surface area (TPSA) is 57.1 Å². The number of aliphatic imine (C=N–C) groups is 1. The van der Waals surface area contributed by atoms with Gasteiger partial charge in [0.2, 0.25) is 5.79 Å². The van der Waals surface area contributed by atoms with E-state index in [0.29, 0.717) is 5.71 Å². The number of methoxy groups -OCH3 is 2. The van der Waals surface area contributed by atoms with E-state index in [-0.39, 0.29) is 0 Å². The molecule has 0 aromatic rings. The molecule has 0 fully saturated rings. The Morgan fingerprint density at radius 3 is 2.26 bits per heavy atom. The van der Waals surface area contributed by atoms with Crippen LogP contribution in [0.4, 0.5) is 4.79 Å². The van der Waals surface area contributed by atoms with Crippen molar-refractivity contribution >= 4 is 11.8 Å². The molecule has 0 atom stereocenters. The maximum Gasteiger partial charge on any atom is 0.434 e. The van der Waals surface area contributed by atoms with Gasteiger partial charge in [-0.05, 0) is 51.5 Å². The van der Waals surface area contributed by atoms with Gasteiger partial charge in [-0.1, -0.05) is 0 Å². The predicted octanol–water partition coefficient (Wildman–Crippen LogP) is 2.87. The lowest BCUT2D eigenvalue weighted by Gasteiger charge is -2.30. The van der Waals surface area contributed by atoms with E-state index in [1.165, 1.54) is 0 Å². The van der Waals surface area contributed by atoms with Crippen molar-refractivity contribution in [1.29, 1.82) is 0 Å². The fourth-order valence-corrected chi connectivity index (χ4v) is 1.70. The van der Waals surface area contributed by atoms with Crippen molar-refractivity contribution in [3.05, 3.63) is 23.8 Å². The van der Waals surface area contributed by atoms with Gasteiger partial charge >= 0.3 is 6.09 Å². The summed E-state index contributed by atoms with van der Waals surface area (Å²) in [7, 11) is 3.11. The third-order valence-electron chi connectivity index (χ3n) is 2.61. The SMILES string of the molecule is COC1(OC)C=C/C(=N\C(=O)OC(C)(C)C)C=C1C. The fourth-order valence-electron chi connectivity index (χ4n) is 1.70. The monoisotopic (exact) mass is 267 g/mol. The molecule has 106 valence electrons. The highest BCUT2D eigenvalue weighted by Crippen LogP contribution is 2.27. The van der Waals surface area contributed by atoms with Gasteiger partial charge in [-0.2, -0.15) is 4.99 Å². The van der Waals surface area contributed by atoms with Gasteiger partial charge in [-0.3, -0.25) is 0 Å². The van der Waals surface area contributed by atoms with E-state index in [0.717, 1.165) is 5.57 Å². The molecule has 1 amide bonds. The van der Waals surface area contributed by atoms with Crippen molar-refractivity contribution in [3.63, 3.8) is 0 Å². The van der Waals surface area contributed by atoms with Crippen molar-refractivity contribution in [2.75, 3.05) is 14.2 Å². The Morgan fingerprint density at radius 2 is 1.84 bits per heavy atom. The van der Waals surface area contributed by atoms with Crippen molar-refractivity contribution in [2.45, 2.75) is 39.1 Å². The number of amides is 1. The zero-order valence-corrected chi connectivity index (χ0v) is 12.3. The summed E-state index contributed by atoms with van der Waals surface area (Å²) in [4.78, 5) is 15.5. The lowest BCUT2D eigenvalue weighted by atomic mass is 9.99. The van der Waals surface area contributed by atoms with E-state index in [4.69, 9.17) is 14.2 Å². The molecule has 0 aliphatic heterocycles. The highest BCUT2D eigenvalue weighted by atomic mass is 16.7. The minimum absolute atomic E-state index is 0.511. The quantitative estimate of drug-likeness (QED) is 0.722. The van der Waals surface area contributed by atoms with Crippen LogP contribution in [0.15, 0.2) is 28.8 Å². The zero-order valence-electron chi connectivity index (χ0n) is 12.3. The summed E-state index contributed by atoms with van der Waals surface area (Å²) in [5.74, 6) is -0.882. The van der Waals surface area contributed by atoms with Crippen LogP contribution in [0.3, 0.4) is 0 Å². The van der Waals surface area contributed by atoms with Crippen molar-refractivity contribution < 1.29 is 19.0 Å². The van der Waals surface area contributed by atoms with Crippen LogP contribution in [-0.4, -0.2) is 37.4 Å². The Labute approximate surface area is 113 Å². The Kier molecular flexibility index (Phi) is 4.66. The Morgan fingerprint density at radius 1 is 1.26 bits per heavy atom. The summed E-state index contributed by atoms with van der Waals surface area (Å²) in [6.45, 7) is 7.23. The van der Waals surface area contributed by atoms with Crippen molar-refractivity contribution in [2.24, 2.45) is 4.99 Å². The second-order valence-corrected chi connectivity index (χ2v) is 5.25. The Bertz CT molecular complexity index is 437. The molecule has 0 aromatic carbocycles. The van der Waals surface area contributed by atoms with Crippen LogP contribution in [-0.2, 0) is 14.2 Å². The first kappa shape index (κ1) is 15.6. The summed E-state index contributed by atoms with van der Waals surface area (Å²) in [6, 6.07) is 0. The van der Waals surface area contributed by atoms with Crippen LogP contribution in [0, 0.1) is 0 Å². The molecule has 1 aliphatic rings. The predicted molar refractivity (Wildman–Crippen MR) is 73.3 cm³/mol. The van der Waals surface area contributed by atoms with Crippen LogP contribution < -0.4 is 0 Å².